The van der Waals surface area contributed by atoms with E-state index in [-0.39, 0.29) is 23.4 Å². The number of aromatic nitrogens is 1. The van der Waals surface area contributed by atoms with Gasteiger partial charge in [-0.3, -0.25) is 0 Å². The van der Waals surface area contributed by atoms with Gasteiger partial charge in [-0.05, 0) is 60.0 Å². The van der Waals surface area contributed by atoms with Gasteiger partial charge in [-0.1, -0.05) is 23.7 Å². The summed E-state index contributed by atoms with van der Waals surface area (Å²) in [6, 6.07) is 16.2. The van der Waals surface area contributed by atoms with Crippen molar-refractivity contribution in [3.63, 3.8) is 0 Å². The lowest BCUT2D eigenvalue weighted by atomic mass is 10.1. The van der Waals surface area contributed by atoms with Gasteiger partial charge in [0.25, 0.3) is 10.0 Å². The first kappa shape index (κ1) is 20.0. The van der Waals surface area contributed by atoms with Crippen molar-refractivity contribution in [1.82, 2.24) is 8.87 Å². The number of hydrogen-bond donors (Lipinski definition) is 1. The highest BCUT2D eigenvalue weighted by Gasteiger charge is 2.35. The number of aliphatic imine (C=N–C) groups is 1. The predicted molar refractivity (Wildman–Crippen MR) is 122 cm³/mol. The molecular weight excluding hydrogens is 434 g/mol. The normalized spacial score (nSPS) is 18.4. The van der Waals surface area contributed by atoms with Gasteiger partial charge in [0, 0.05) is 30.5 Å². The van der Waals surface area contributed by atoms with E-state index in [2.05, 4.69) is 20.5 Å². The minimum absolute atomic E-state index is 0.00379. The van der Waals surface area contributed by atoms with Crippen LogP contribution < -0.4 is 10.6 Å². The number of fused-ring (bicyclic) bond motifs is 1. The fraction of sp³-hybridized carbons (Fsp3) is 0.227. The highest BCUT2D eigenvalue weighted by molar-refractivity contribution is 7.89. The van der Waals surface area contributed by atoms with Crippen LogP contribution in [0.25, 0.3) is 0 Å². The molecule has 1 atom stereocenters. The highest BCUT2D eigenvalue weighted by Crippen LogP contribution is 2.37. The quantitative estimate of drug-likeness (QED) is 0.653. The molecule has 0 saturated heterocycles. The number of rotatable bonds is 4. The maximum absolute atomic E-state index is 13.4. The largest absolute Gasteiger partial charge is 0.369 e. The third kappa shape index (κ3) is 3.36. The molecule has 0 spiro atoms. The number of guanidine groups is 1. The van der Waals surface area contributed by atoms with E-state index >= 15 is 0 Å². The fourth-order valence-corrected chi connectivity index (χ4v) is 5.88. The molecule has 0 aliphatic carbocycles. The topological polar surface area (TPSA) is 83.9 Å². The number of anilines is 2. The van der Waals surface area contributed by atoms with Gasteiger partial charge in [0.15, 0.2) is 0 Å². The smallest absolute Gasteiger partial charge is 0.266 e. The van der Waals surface area contributed by atoms with E-state index in [1.165, 1.54) is 4.31 Å². The van der Waals surface area contributed by atoms with Gasteiger partial charge in [0.2, 0.25) is 5.96 Å². The van der Waals surface area contributed by atoms with Crippen molar-refractivity contribution in [2.75, 3.05) is 18.0 Å². The van der Waals surface area contributed by atoms with E-state index in [9.17, 15) is 8.42 Å². The molecule has 0 amide bonds. The van der Waals surface area contributed by atoms with Crippen LogP contribution in [0.15, 0.2) is 70.7 Å². The summed E-state index contributed by atoms with van der Waals surface area (Å²) in [7, 11) is -1.82. The average Bonchev–Trinajstić information content (AvgIpc) is 3.45. The Labute approximate surface area is 186 Å². The summed E-state index contributed by atoms with van der Waals surface area (Å²) < 4.78 is 30.0. The third-order valence-electron chi connectivity index (χ3n) is 5.84. The van der Waals surface area contributed by atoms with Crippen LogP contribution in [-0.2, 0) is 23.5 Å². The van der Waals surface area contributed by atoms with Crippen LogP contribution >= 0.6 is 11.6 Å². The summed E-state index contributed by atoms with van der Waals surface area (Å²) in [6.45, 7) is 0.960. The first-order valence-electron chi connectivity index (χ1n) is 9.98. The Morgan fingerprint density at radius 2 is 1.97 bits per heavy atom. The van der Waals surface area contributed by atoms with Gasteiger partial charge >= 0.3 is 0 Å². The molecule has 5 rings (SSSR count). The molecule has 0 radical (unpaired) electrons. The molecule has 0 saturated carbocycles. The predicted octanol–water partition coefficient (Wildman–Crippen LogP) is 3.43. The van der Waals surface area contributed by atoms with Gasteiger partial charge in [-0.25, -0.2) is 17.7 Å². The van der Waals surface area contributed by atoms with Crippen LogP contribution in [0.2, 0.25) is 5.02 Å². The highest BCUT2D eigenvalue weighted by atomic mass is 35.5. The van der Waals surface area contributed by atoms with Gasteiger partial charge < -0.3 is 15.2 Å². The average molecular weight is 456 g/mol. The maximum atomic E-state index is 13.4. The second-order valence-corrected chi connectivity index (χ2v) is 10.1. The molecule has 2 aromatic carbocycles. The Kier molecular flexibility index (Phi) is 4.71. The molecule has 7 nitrogen and oxygen atoms in total. The molecule has 0 bridgehead atoms. The molecule has 9 heteroatoms. The Hall–Kier alpha value is -2.97. The second kappa shape index (κ2) is 7.32. The lowest BCUT2D eigenvalue weighted by molar-refractivity contribution is 0.518. The Morgan fingerprint density at radius 1 is 1.13 bits per heavy atom. The number of halogens is 1. The van der Waals surface area contributed by atoms with Crippen molar-refractivity contribution in [2.24, 2.45) is 17.8 Å². The van der Waals surface area contributed by atoms with Crippen LogP contribution in [0.1, 0.15) is 17.2 Å². The zero-order valence-corrected chi connectivity index (χ0v) is 18.5. The molecule has 1 aromatic heterocycles. The molecule has 31 heavy (non-hydrogen) atoms. The van der Waals surface area contributed by atoms with Crippen LogP contribution in [0, 0.1) is 0 Å². The monoisotopic (exact) mass is 455 g/mol. The summed E-state index contributed by atoms with van der Waals surface area (Å²) in [5, 5.41) is 0.578. The lowest BCUT2D eigenvalue weighted by Gasteiger charge is -2.21. The zero-order valence-electron chi connectivity index (χ0n) is 16.9. The summed E-state index contributed by atoms with van der Waals surface area (Å²) in [4.78, 5) is 6.80. The third-order valence-corrected chi connectivity index (χ3v) is 7.84. The number of hydrogen-bond acceptors (Lipinski definition) is 5. The summed E-state index contributed by atoms with van der Waals surface area (Å²) in [6.07, 6.45) is 2.77. The Morgan fingerprint density at radius 3 is 2.71 bits per heavy atom. The Balaban J connectivity index is 1.43. The molecule has 2 N–H and O–H groups in total. The van der Waals surface area contributed by atoms with Gasteiger partial charge in [-0.15, -0.1) is 0 Å². The molecule has 3 aromatic rings. The van der Waals surface area contributed by atoms with Gasteiger partial charge in [0.05, 0.1) is 17.5 Å². The number of aryl methyl sites for hydroxylation is 1. The van der Waals surface area contributed by atoms with Crippen molar-refractivity contribution in [2.45, 2.75) is 17.4 Å². The van der Waals surface area contributed by atoms with Gasteiger partial charge in [-0.2, -0.15) is 0 Å². The number of nitrogens with zero attached hydrogens (tertiary/aromatic N) is 4. The lowest BCUT2D eigenvalue weighted by Crippen LogP contribution is -2.39. The number of sulfonamides is 1. The van der Waals surface area contributed by atoms with Crippen molar-refractivity contribution in [1.29, 1.82) is 0 Å². The summed E-state index contributed by atoms with van der Waals surface area (Å²) in [5.74, 6) is 1.07. The first-order chi connectivity index (χ1) is 14.8. The maximum Gasteiger partial charge on any atom is 0.266 e. The van der Waals surface area contributed by atoms with E-state index in [4.69, 9.17) is 17.3 Å². The molecule has 2 aliphatic heterocycles. The summed E-state index contributed by atoms with van der Waals surface area (Å²) >= 11 is 6.08. The van der Waals surface area contributed by atoms with Crippen molar-refractivity contribution >= 4 is 39.1 Å². The molecule has 1 unspecified atom stereocenters. The molecular formula is C22H22ClN5O2S. The number of benzene rings is 2. The van der Waals surface area contributed by atoms with E-state index < -0.39 is 10.0 Å². The van der Waals surface area contributed by atoms with E-state index in [0.29, 0.717) is 5.02 Å². The number of nitrogens with two attached hydrogens (primary N) is 1. The SMILES string of the molecule is Cn1cccc1N1CCc2cc(S(=O)(=O)N3CC(c4cccc(Cl)c4)N=C3N)ccc21. The molecule has 0 fully saturated rings. The molecule has 2 aliphatic rings. The van der Waals surface area contributed by atoms with Crippen LogP contribution in [0.3, 0.4) is 0 Å². The zero-order chi connectivity index (χ0) is 21.8. The second-order valence-electron chi connectivity index (χ2n) is 7.76. The van der Waals surface area contributed by atoms with E-state index in [0.717, 1.165) is 35.6 Å². The molecule has 3 heterocycles. The van der Waals surface area contributed by atoms with Crippen LogP contribution in [0.5, 0.6) is 0 Å². The molecule has 160 valence electrons. The van der Waals surface area contributed by atoms with Crippen molar-refractivity contribution in [3.05, 3.63) is 76.9 Å². The first-order valence-corrected chi connectivity index (χ1v) is 11.8. The Bertz CT molecular complexity index is 1300. The minimum atomic E-state index is -3.82. The fourth-order valence-electron chi connectivity index (χ4n) is 4.27. The van der Waals surface area contributed by atoms with E-state index in [1.54, 1.807) is 24.3 Å². The summed E-state index contributed by atoms with van der Waals surface area (Å²) in [5.41, 5.74) is 8.90. The van der Waals surface area contributed by atoms with Gasteiger partial charge in [0.1, 0.15) is 5.82 Å². The van der Waals surface area contributed by atoms with Crippen molar-refractivity contribution in [3.8, 4) is 0 Å². The van der Waals surface area contributed by atoms with Crippen LogP contribution in [-0.4, -0.2) is 36.3 Å². The van der Waals surface area contributed by atoms with E-state index in [1.807, 2.05) is 37.5 Å². The van der Waals surface area contributed by atoms with Crippen LogP contribution in [0.4, 0.5) is 11.5 Å². The standard InChI is InChI=1S/C22H22ClN5O2S/c1-26-10-3-6-21(26)27-11-9-16-13-18(7-8-20(16)27)31(29,30)28-14-19(25-22(28)24)15-4-2-5-17(23)12-15/h2-8,10,12-13,19H,9,11,14H2,1H3,(H2,24,25). The van der Waals surface area contributed by atoms with Crippen molar-refractivity contribution < 1.29 is 8.42 Å². The minimum Gasteiger partial charge on any atom is -0.369 e.